The Kier molecular flexibility index (Phi) is 7.31. The molecule has 2 saturated carbocycles. The molecular formula is C29H39F3N6O2. The highest BCUT2D eigenvalue weighted by Crippen LogP contribution is 2.49. The molecular weight excluding hydrogens is 521 g/mol. The van der Waals surface area contributed by atoms with Crippen LogP contribution in [-0.2, 0) is 18.0 Å². The lowest BCUT2D eigenvalue weighted by atomic mass is 9.66. The Balaban J connectivity index is 1.35. The maximum absolute atomic E-state index is 14.4. The highest BCUT2D eigenvalue weighted by Gasteiger charge is 2.41. The topological polar surface area (TPSA) is 69.6 Å². The summed E-state index contributed by atoms with van der Waals surface area (Å²) in [6, 6.07) is 0.804. The van der Waals surface area contributed by atoms with Crippen LogP contribution in [0.5, 0.6) is 0 Å². The lowest BCUT2D eigenvalue weighted by molar-refractivity contribution is -0.136. The number of hydrogen-bond acceptors (Lipinski definition) is 5. The van der Waals surface area contributed by atoms with Crippen molar-refractivity contribution < 1.29 is 17.9 Å². The minimum absolute atomic E-state index is 0.00961. The molecule has 0 bridgehead atoms. The van der Waals surface area contributed by atoms with Gasteiger partial charge in [-0.25, -0.2) is 4.79 Å². The predicted octanol–water partition coefficient (Wildman–Crippen LogP) is 5.35. The van der Waals surface area contributed by atoms with Gasteiger partial charge in [0.1, 0.15) is 12.2 Å². The van der Waals surface area contributed by atoms with Crippen molar-refractivity contribution in [3.63, 3.8) is 0 Å². The third-order valence-corrected chi connectivity index (χ3v) is 9.71. The summed E-state index contributed by atoms with van der Waals surface area (Å²) in [6.45, 7) is 5.67. The number of aryl methyl sites for hydroxylation is 1. The van der Waals surface area contributed by atoms with Gasteiger partial charge in [0.05, 0.1) is 23.8 Å². The van der Waals surface area contributed by atoms with E-state index in [1.54, 1.807) is 17.1 Å². The molecule has 1 aliphatic heterocycles. The van der Waals surface area contributed by atoms with Crippen molar-refractivity contribution in [1.29, 1.82) is 0 Å². The SMILES string of the molecule is C[C@@H]1CN([C@H](C)c2cc(C(F)(F)F)c3cn(C4CCCC([C@@H](c5nncn5C)C5CCC5)C4)c(=O)n3c2)CCO1. The average Bonchev–Trinajstić information content (AvgIpc) is 3.47. The number of hydrogen-bond donors (Lipinski definition) is 0. The van der Waals surface area contributed by atoms with Gasteiger partial charge in [0.25, 0.3) is 0 Å². The van der Waals surface area contributed by atoms with Crippen LogP contribution in [0.1, 0.15) is 93.7 Å². The van der Waals surface area contributed by atoms with E-state index in [9.17, 15) is 18.0 Å². The van der Waals surface area contributed by atoms with Crippen molar-refractivity contribution in [3.05, 3.63) is 52.2 Å². The number of pyridine rings is 1. The van der Waals surface area contributed by atoms with Gasteiger partial charge in [0.15, 0.2) is 0 Å². The summed E-state index contributed by atoms with van der Waals surface area (Å²) in [4.78, 5) is 15.9. The van der Waals surface area contributed by atoms with Gasteiger partial charge in [-0.05, 0) is 69.4 Å². The van der Waals surface area contributed by atoms with E-state index in [2.05, 4.69) is 15.1 Å². The zero-order valence-electron chi connectivity index (χ0n) is 23.5. The number of morpholine rings is 1. The number of imidazole rings is 1. The van der Waals surface area contributed by atoms with Crippen molar-refractivity contribution >= 4 is 5.52 Å². The van der Waals surface area contributed by atoms with Crippen molar-refractivity contribution in [1.82, 2.24) is 28.6 Å². The van der Waals surface area contributed by atoms with Gasteiger partial charge in [-0.15, -0.1) is 10.2 Å². The molecule has 6 rings (SSSR count). The number of halogens is 3. The molecule has 0 aromatic carbocycles. The second-order valence-corrected chi connectivity index (χ2v) is 12.2. The van der Waals surface area contributed by atoms with Crippen molar-refractivity contribution in [2.24, 2.45) is 18.9 Å². The summed E-state index contributed by atoms with van der Waals surface area (Å²) in [6.07, 6.45) is 7.25. The van der Waals surface area contributed by atoms with E-state index in [0.29, 0.717) is 37.1 Å². The van der Waals surface area contributed by atoms with Crippen LogP contribution in [0.3, 0.4) is 0 Å². The first-order valence-corrected chi connectivity index (χ1v) is 14.7. The van der Waals surface area contributed by atoms with E-state index >= 15 is 0 Å². The second-order valence-electron chi connectivity index (χ2n) is 12.2. The molecule has 218 valence electrons. The Labute approximate surface area is 232 Å². The molecule has 40 heavy (non-hydrogen) atoms. The fourth-order valence-corrected chi connectivity index (χ4v) is 7.33. The second kappa shape index (κ2) is 10.6. The number of ether oxygens (including phenoxy) is 1. The van der Waals surface area contributed by atoms with Crippen molar-refractivity contribution in [2.45, 2.75) is 89.1 Å². The maximum Gasteiger partial charge on any atom is 0.418 e. The highest BCUT2D eigenvalue weighted by molar-refractivity contribution is 5.56. The van der Waals surface area contributed by atoms with Crippen LogP contribution in [0.2, 0.25) is 0 Å². The van der Waals surface area contributed by atoms with E-state index in [-0.39, 0.29) is 29.6 Å². The van der Waals surface area contributed by atoms with Gasteiger partial charge in [0, 0.05) is 50.5 Å². The Morgan fingerprint density at radius 3 is 2.50 bits per heavy atom. The van der Waals surface area contributed by atoms with E-state index in [1.807, 2.05) is 25.5 Å². The standard InChI is InChI=1S/C29H39F3N6O2/c1-18-14-36(10-11-40-18)19(2)22-13-24(29(30,31)32)25-16-37(28(39)38(25)15-22)23-9-5-8-21(12-23)26(20-6-4-7-20)27-34-33-17-35(27)3/h13,15-21,23,26H,4-12,14H2,1-3H3/t18-,19-,21?,23?,26+/m1/s1. The molecule has 0 spiro atoms. The lowest BCUT2D eigenvalue weighted by Crippen LogP contribution is -2.42. The Bertz CT molecular complexity index is 1410. The molecule has 3 aromatic rings. The fourth-order valence-electron chi connectivity index (χ4n) is 7.33. The van der Waals surface area contributed by atoms with Crippen LogP contribution < -0.4 is 5.69 Å². The van der Waals surface area contributed by atoms with Crippen LogP contribution in [0.4, 0.5) is 13.2 Å². The van der Waals surface area contributed by atoms with Crippen molar-refractivity contribution in [3.8, 4) is 0 Å². The predicted molar refractivity (Wildman–Crippen MR) is 144 cm³/mol. The molecule has 4 heterocycles. The summed E-state index contributed by atoms with van der Waals surface area (Å²) in [5.74, 6) is 2.09. The smallest absolute Gasteiger partial charge is 0.376 e. The molecule has 1 saturated heterocycles. The number of fused-ring (bicyclic) bond motifs is 1. The quantitative estimate of drug-likeness (QED) is 0.407. The normalized spacial score (nSPS) is 26.6. The first-order valence-electron chi connectivity index (χ1n) is 14.7. The minimum Gasteiger partial charge on any atom is -0.376 e. The molecule has 3 aliphatic rings. The summed E-state index contributed by atoms with van der Waals surface area (Å²) >= 11 is 0. The van der Waals surface area contributed by atoms with Crippen LogP contribution >= 0.6 is 0 Å². The molecule has 11 heteroatoms. The molecule has 5 atom stereocenters. The van der Waals surface area contributed by atoms with E-state index in [0.717, 1.165) is 44.3 Å². The van der Waals surface area contributed by atoms with Crippen LogP contribution in [0.25, 0.3) is 5.52 Å². The van der Waals surface area contributed by atoms with Gasteiger partial charge in [-0.3, -0.25) is 13.9 Å². The molecule has 3 aromatic heterocycles. The first-order chi connectivity index (χ1) is 19.1. The van der Waals surface area contributed by atoms with Crippen LogP contribution in [0.15, 0.2) is 29.6 Å². The van der Waals surface area contributed by atoms with Crippen LogP contribution in [-0.4, -0.2) is 54.4 Å². The van der Waals surface area contributed by atoms with E-state index in [1.165, 1.54) is 23.1 Å². The van der Waals surface area contributed by atoms with Gasteiger partial charge in [-0.1, -0.05) is 12.8 Å². The Morgan fingerprint density at radius 2 is 1.85 bits per heavy atom. The third-order valence-electron chi connectivity index (χ3n) is 9.71. The minimum atomic E-state index is -4.58. The fraction of sp³-hybridized carbons (Fsp3) is 0.690. The van der Waals surface area contributed by atoms with E-state index in [4.69, 9.17) is 4.74 Å². The number of rotatable bonds is 6. The molecule has 0 amide bonds. The molecule has 8 nitrogen and oxygen atoms in total. The van der Waals surface area contributed by atoms with Gasteiger partial charge in [0.2, 0.25) is 0 Å². The Morgan fingerprint density at radius 1 is 1.10 bits per heavy atom. The van der Waals surface area contributed by atoms with Gasteiger partial charge < -0.3 is 9.30 Å². The van der Waals surface area contributed by atoms with Crippen LogP contribution in [0, 0.1) is 11.8 Å². The van der Waals surface area contributed by atoms with Gasteiger partial charge in [-0.2, -0.15) is 13.2 Å². The summed E-state index contributed by atoms with van der Waals surface area (Å²) in [7, 11) is 1.97. The molecule has 2 aliphatic carbocycles. The van der Waals surface area contributed by atoms with E-state index < -0.39 is 17.4 Å². The largest absolute Gasteiger partial charge is 0.418 e. The van der Waals surface area contributed by atoms with Crippen molar-refractivity contribution in [2.75, 3.05) is 19.7 Å². The Hall–Kier alpha value is -2.66. The molecule has 3 fully saturated rings. The van der Waals surface area contributed by atoms with Gasteiger partial charge >= 0.3 is 11.9 Å². The summed E-state index contributed by atoms with van der Waals surface area (Å²) < 4.78 is 53.6. The maximum atomic E-state index is 14.4. The molecule has 0 radical (unpaired) electrons. The highest BCUT2D eigenvalue weighted by atomic mass is 19.4. The lowest BCUT2D eigenvalue weighted by Gasteiger charge is -2.41. The monoisotopic (exact) mass is 560 g/mol. The molecule has 0 N–H and O–H groups in total. The zero-order chi connectivity index (χ0) is 28.2. The average molecular weight is 561 g/mol. The third kappa shape index (κ3) is 5.00. The zero-order valence-corrected chi connectivity index (χ0v) is 23.5. The number of nitrogens with zero attached hydrogens (tertiary/aromatic N) is 6. The molecule has 2 unspecified atom stereocenters. The summed E-state index contributed by atoms with van der Waals surface area (Å²) in [5, 5.41) is 8.58. The number of alkyl halides is 3. The summed E-state index contributed by atoms with van der Waals surface area (Å²) in [5.41, 5.74) is -0.736. The first kappa shape index (κ1) is 27.5. The number of aromatic nitrogens is 5.